The highest BCUT2D eigenvalue weighted by molar-refractivity contribution is 14.1. The average Bonchev–Trinajstić information content (AvgIpc) is 2.42. The van der Waals surface area contributed by atoms with Gasteiger partial charge in [0.1, 0.15) is 6.07 Å². The van der Waals surface area contributed by atoms with Crippen LogP contribution in [0.15, 0.2) is 18.5 Å². The second kappa shape index (κ2) is 3.16. The van der Waals surface area contributed by atoms with Gasteiger partial charge in [-0.05, 0) is 28.7 Å². The zero-order valence-electron chi connectivity index (χ0n) is 6.33. The highest BCUT2D eigenvalue weighted by Crippen LogP contribution is 2.22. The quantitative estimate of drug-likeness (QED) is 0.702. The summed E-state index contributed by atoms with van der Waals surface area (Å²) in [6.07, 6.45) is 3.28. The van der Waals surface area contributed by atoms with Crippen molar-refractivity contribution in [2.24, 2.45) is 0 Å². The minimum Gasteiger partial charge on any atom is -0.242 e. The molecule has 0 amide bonds. The van der Waals surface area contributed by atoms with Crippen LogP contribution in [0.4, 0.5) is 0 Å². The molecule has 0 radical (unpaired) electrons. The van der Waals surface area contributed by atoms with E-state index in [0.29, 0.717) is 11.2 Å². The molecule has 0 spiro atoms. The Bertz CT molecular complexity index is 512. The van der Waals surface area contributed by atoms with Crippen molar-refractivity contribution >= 4 is 45.4 Å². The van der Waals surface area contributed by atoms with E-state index in [1.54, 1.807) is 12.3 Å². The maximum atomic E-state index is 8.66. The normalized spacial score (nSPS) is 10.2. The number of pyridine rings is 1. The summed E-state index contributed by atoms with van der Waals surface area (Å²) in [5, 5.41) is 9.57. The van der Waals surface area contributed by atoms with Crippen molar-refractivity contribution in [2.75, 3.05) is 0 Å². The summed E-state index contributed by atoms with van der Waals surface area (Å²) in [6.45, 7) is 0. The molecule has 13 heavy (non-hydrogen) atoms. The topological polar surface area (TPSA) is 41.6 Å². The fourth-order valence-electron chi connectivity index (χ4n) is 1.09. The fourth-order valence-corrected chi connectivity index (χ4v) is 2.17. The predicted octanol–water partition coefficient (Wildman–Crippen LogP) is 2.51. The van der Waals surface area contributed by atoms with Crippen molar-refractivity contribution in [3.05, 3.63) is 27.6 Å². The van der Waals surface area contributed by atoms with E-state index < -0.39 is 0 Å². The van der Waals surface area contributed by atoms with E-state index in [1.807, 2.05) is 6.07 Å². The van der Waals surface area contributed by atoms with Gasteiger partial charge < -0.3 is 0 Å². The molecule has 0 saturated carbocycles. The number of rotatable bonds is 0. The van der Waals surface area contributed by atoms with Gasteiger partial charge in [-0.15, -0.1) is 0 Å². The number of halogens is 2. The van der Waals surface area contributed by atoms with E-state index in [0.717, 1.165) is 8.96 Å². The van der Waals surface area contributed by atoms with Gasteiger partial charge in [-0.2, -0.15) is 5.26 Å². The Hall–Kier alpha value is -0.800. The lowest BCUT2D eigenvalue weighted by Gasteiger charge is -1.92. The van der Waals surface area contributed by atoms with Gasteiger partial charge in [0.2, 0.25) is 0 Å². The molecule has 64 valence electrons. The number of nitrogens with zero attached hydrogens (tertiary/aromatic N) is 3. The number of aromatic nitrogens is 2. The molecule has 3 nitrogen and oxygen atoms in total. The first-order valence-electron chi connectivity index (χ1n) is 3.45. The molecule has 2 aromatic heterocycles. The van der Waals surface area contributed by atoms with Crippen LogP contribution in [0, 0.1) is 14.9 Å². The number of hydrogen-bond donors (Lipinski definition) is 0. The van der Waals surface area contributed by atoms with E-state index in [9.17, 15) is 0 Å². The third-order valence-corrected chi connectivity index (χ3v) is 2.80. The van der Waals surface area contributed by atoms with Crippen molar-refractivity contribution in [1.29, 1.82) is 5.26 Å². The molecular formula is C8H3ClIN3. The van der Waals surface area contributed by atoms with Crippen LogP contribution in [0.3, 0.4) is 0 Å². The second-order valence-corrected chi connectivity index (χ2v) is 4.02. The molecule has 0 atom stereocenters. The summed E-state index contributed by atoms with van der Waals surface area (Å²) in [5.41, 5.74) is 1.23. The molecule has 0 bridgehead atoms. The molecule has 0 unspecified atom stereocenters. The molecule has 0 fully saturated rings. The van der Waals surface area contributed by atoms with Crippen LogP contribution >= 0.6 is 34.4 Å². The van der Waals surface area contributed by atoms with E-state index in [2.05, 4.69) is 27.6 Å². The molecule has 0 aromatic carbocycles. The van der Waals surface area contributed by atoms with Gasteiger partial charge in [-0.25, -0.2) is 9.07 Å². The molecule has 2 rings (SSSR count). The maximum absolute atomic E-state index is 8.66. The Kier molecular flexibility index (Phi) is 2.14. The molecule has 2 heterocycles. The Balaban J connectivity index is 2.86. The summed E-state index contributed by atoms with van der Waals surface area (Å²) in [6, 6.07) is 3.82. The number of nitriles is 1. The summed E-state index contributed by atoms with van der Waals surface area (Å²) in [7, 11) is 0. The highest BCUT2D eigenvalue weighted by Gasteiger charge is 2.06. The van der Waals surface area contributed by atoms with Gasteiger partial charge in [0, 0.05) is 33.1 Å². The first kappa shape index (κ1) is 8.78. The first-order valence-corrected chi connectivity index (χ1v) is 4.87. The van der Waals surface area contributed by atoms with Crippen LogP contribution in [0.1, 0.15) is 5.56 Å². The Labute approximate surface area is 93.2 Å². The highest BCUT2D eigenvalue weighted by atomic mass is 127. The van der Waals surface area contributed by atoms with Crippen molar-refractivity contribution in [3.63, 3.8) is 0 Å². The molecule has 5 heteroatoms. The predicted molar refractivity (Wildman–Crippen MR) is 58.4 cm³/mol. The lowest BCUT2D eigenvalue weighted by atomic mass is 10.2. The maximum Gasteiger partial charge on any atom is 0.155 e. The molecular weight excluding hydrogens is 300 g/mol. The largest absolute Gasteiger partial charge is 0.242 e. The lowest BCUT2D eigenvalue weighted by molar-refractivity contribution is 1.23. The molecule has 2 aromatic rings. The van der Waals surface area contributed by atoms with Gasteiger partial charge >= 0.3 is 0 Å². The van der Waals surface area contributed by atoms with Crippen molar-refractivity contribution in [1.82, 2.24) is 9.07 Å². The summed E-state index contributed by atoms with van der Waals surface area (Å²) < 4.78 is 2.42. The summed E-state index contributed by atoms with van der Waals surface area (Å²) in [4.78, 5) is 4.08. The SMILES string of the molecule is N#Cc1cnc2c(c1)c(I)cn2Cl. The van der Waals surface area contributed by atoms with Crippen LogP contribution in [0.25, 0.3) is 11.0 Å². The lowest BCUT2D eigenvalue weighted by Crippen LogP contribution is -1.83. The van der Waals surface area contributed by atoms with Gasteiger partial charge in [0.25, 0.3) is 0 Å². The third-order valence-electron chi connectivity index (χ3n) is 1.68. The molecule has 0 aliphatic rings. The number of fused-ring (bicyclic) bond motifs is 1. The van der Waals surface area contributed by atoms with Crippen LogP contribution in [-0.4, -0.2) is 9.07 Å². The third kappa shape index (κ3) is 1.38. The van der Waals surface area contributed by atoms with E-state index in [-0.39, 0.29) is 0 Å². The number of hydrogen-bond acceptors (Lipinski definition) is 2. The smallest absolute Gasteiger partial charge is 0.155 e. The average molecular weight is 303 g/mol. The van der Waals surface area contributed by atoms with Crippen LogP contribution in [0.5, 0.6) is 0 Å². The van der Waals surface area contributed by atoms with Crippen LogP contribution in [-0.2, 0) is 0 Å². The molecule has 0 saturated heterocycles. The molecule has 0 aliphatic carbocycles. The van der Waals surface area contributed by atoms with E-state index >= 15 is 0 Å². The zero-order valence-corrected chi connectivity index (χ0v) is 9.24. The van der Waals surface area contributed by atoms with Crippen LogP contribution in [0.2, 0.25) is 0 Å². The van der Waals surface area contributed by atoms with Crippen molar-refractivity contribution in [3.8, 4) is 6.07 Å². The Morgan fingerprint density at radius 1 is 1.62 bits per heavy atom. The summed E-state index contributed by atoms with van der Waals surface area (Å²) >= 11 is 8.00. The fraction of sp³-hybridized carbons (Fsp3) is 0. The standard InChI is InChI=1S/C8H3ClIN3/c9-13-4-7(10)6-1-5(2-11)3-12-8(6)13/h1,3-4H. The minimum absolute atomic E-state index is 0.549. The monoisotopic (exact) mass is 303 g/mol. The first-order chi connectivity index (χ1) is 6.22. The minimum atomic E-state index is 0.549. The second-order valence-electron chi connectivity index (χ2n) is 2.50. The Morgan fingerprint density at radius 2 is 2.38 bits per heavy atom. The Morgan fingerprint density at radius 3 is 3.08 bits per heavy atom. The van der Waals surface area contributed by atoms with Gasteiger partial charge in [0.15, 0.2) is 5.65 Å². The van der Waals surface area contributed by atoms with E-state index in [4.69, 9.17) is 17.0 Å². The van der Waals surface area contributed by atoms with Crippen molar-refractivity contribution < 1.29 is 0 Å². The molecule has 0 N–H and O–H groups in total. The van der Waals surface area contributed by atoms with Gasteiger partial charge in [-0.3, -0.25) is 0 Å². The van der Waals surface area contributed by atoms with Gasteiger partial charge in [-0.1, -0.05) is 0 Å². The molecule has 0 aliphatic heterocycles. The van der Waals surface area contributed by atoms with Crippen LogP contribution < -0.4 is 0 Å². The van der Waals surface area contributed by atoms with Gasteiger partial charge in [0.05, 0.1) is 5.56 Å². The van der Waals surface area contributed by atoms with Crippen molar-refractivity contribution in [2.45, 2.75) is 0 Å². The summed E-state index contributed by atoms with van der Waals surface area (Å²) in [5.74, 6) is 0. The zero-order chi connectivity index (χ0) is 9.42. The van der Waals surface area contributed by atoms with E-state index in [1.165, 1.54) is 10.3 Å².